The molecule has 0 fully saturated rings. The Balaban J connectivity index is 4.54. The van der Waals surface area contributed by atoms with Crippen molar-refractivity contribution in [1.29, 1.82) is 0 Å². The number of carbonyl (C=O) groups excluding carboxylic acids is 3. The third-order valence-electron chi connectivity index (χ3n) is 11.9. The van der Waals surface area contributed by atoms with Crippen LogP contribution >= 0.6 is 0 Å². The summed E-state index contributed by atoms with van der Waals surface area (Å²) in [5, 5.41) is 0. The maximum absolute atomic E-state index is 12.8. The van der Waals surface area contributed by atoms with Crippen LogP contribution in [-0.2, 0) is 28.6 Å². The number of esters is 3. The van der Waals surface area contributed by atoms with Crippen LogP contribution in [0.4, 0.5) is 0 Å². The van der Waals surface area contributed by atoms with E-state index in [0.29, 0.717) is 19.3 Å². The second-order valence-corrected chi connectivity index (χ2v) is 18.8. The van der Waals surface area contributed by atoms with Gasteiger partial charge in [0.15, 0.2) is 6.10 Å². The van der Waals surface area contributed by atoms with E-state index in [1.807, 2.05) is 6.08 Å². The molecule has 0 heterocycles. The second kappa shape index (κ2) is 58.4. The number of unbranched alkanes of at least 4 members (excludes halogenated alkanes) is 20. The predicted octanol–water partition coefficient (Wildman–Crippen LogP) is 19.6. The van der Waals surface area contributed by atoms with Gasteiger partial charge in [0, 0.05) is 19.3 Å². The summed E-state index contributed by atoms with van der Waals surface area (Å²) < 4.78 is 16.8. The smallest absolute Gasteiger partial charge is 0.306 e. The Hall–Kier alpha value is -4.19. The molecule has 0 aromatic heterocycles. The summed E-state index contributed by atoms with van der Waals surface area (Å²) in [5.41, 5.74) is 0. The molecular weight excluding hydrogens is 877 g/mol. The van der Waals surface area contributed by atoms with Gasteiger partial charge in [-0.2, -0.15) is 0 Å². The monoisotopic (exact) mass is 983 g/mol. The van der Waals surface area contributed by atoms with Crippen LogP contribution in [0.2, 0.25) is 0 Å². The van der Waals surface area contributed by atoms with Gasteiger partial charge in [0.1, 0.15) is 13.2 Å². The molecule has 0 unspecified atom stereocenters. The van der Waals surface area contributed by atoms with Crippen LogP contribution in [0, 0.1) is 0 Å². The van der Waals surface area contributed by atoms with Gasteiger partial charge < -0.3 is 14.2 Å². The summed E-state index contributed by atoms with van der Waals surface area (Å²) in [5.74, 6) is -1.05. The van der Waals surface area contributed by atoms with Crippen molar-refractivity contribution in [3.8, 4) is 0 Å². The van der Waals surface area contributed by atoms with Crippen molar-refractivity contribution in [3.63, 3.8) is 0 Å². The summed E-state index contributed by atoms with van der Waals surface area (Å²) in [6.45, 7) is 6.39. The molecule has 71 heavy (non-hydrogen) atoms. The Labute approximate surface area is 437 Å². The zero-order valence-electron chi connectivity index (χ0n) is 45.9. The highest BCUT2D eigenvalue weighted by Gasteiger charge is 2.19. The number of hydrogen-bond donors (Lipinski definition) is 0. The molecule has 0 N–H and O–H groups in total. The maximum Gasteiger partial charge on any atom is 0.306 e. The molecule has 6 nitrogen and oxygen atoms in total. The van der Waals surface area contributed by atoms with Crippen LogP contribution in [-0.4, -0.2) is 37.2 Å². The van der Waals surface area contributed by atoms with E-state index in [1.54, 1.807) is 0 Å². The van der Waals surface area contributed by atoms with Crippen molar-refractivity contribution in [2.75, 3.05) is 13.2 Å². The first-order chi connectivity index (χ1) is 35.0. The van der Waals surface area contributed by atoms with Gasteiger partial charge in [-0.25, -0.2) is 0 Å². The lowest BCUT2D eigenvalue weighted by Gasteiger charge is -2.18. The van der Waals surface area contributed by atoms with Crippen LogP contribution in [0.1, 0.15) is 252 Å². The zero-order valence-corrected chi connectivity index (χ0v) is 45.9. The first-order valence-electron chi connectivity index (χ1n) is 29.0. The number of ether oxygens (including phenoxy) is 3. The van der Waals surface area contributed by atoms with Crippen LogP contribution in [0.3, 0.4) is 0 Å². The molecular formula is C65H106O6. The first-order valence-corrected chi connectivity index (χ1v) is 29.0. The molecule has 0 aliphatic heterocycles. The van der Waals surface area contributed by atoms with Gasteiger partial charge in [0.2, 0.25) is 0 Å². The molecule has 0 bridgehead atoms. The van der Waals surface area contributed by atoms with E-state index < -0.39 is 6.10 Å². The van der Waals surface area contributed by atoms with E-state index in [1.165, 1.54) is 116 Å². The molecule has 0 radical (unpaired) electrons. The van der Waals surface area contributed by atoms with Gasteiger partial charge in [-0.05, 0) is 122 Å². The molecule has 1 atom stereocenters. The van der Waals surface area contributed by atoms with Gasteiger partial charge in [0.05, 0.1) is 0 Å². The highest BCUT2D eigenvalue weighted by atomic mass is 16.6. The molecule has 0 spiro atoms. The lowest BCUT2D eigenvalue weighted by atomic mass is 10.1. The molecule has 402 valence electrons. The molecule has 0 aromatic rings. The van der Waals surface area contributed by atoms with Crippen molar-refractivity contribution >= 4 is 17.9 Å². The fraction of sp³-hybridized carbons (Fsp3) is 0.646. The molecule has 6 heteroatoms. The molecule has 0 aliphatic rings. The summed E-state index contributed by atoms with van der Waals surface area (Å²) in [7, 11) is 0. The van der Waals surface area contributed by atoms with E-state index in [9.17, 15) is 14.4 Å². The third-order valence-corrected chi connectivity index (χ3v) is 11.9. The van der Waals surface area contributed by atoms with Crippen molar-refractivity contribution < 1.29 is 28.6 Å². The topological polar surface area (TPSA) is 78.9 Å². The number of hydrogen-bond acceptors (Lipinski definition) is 6. The Kier molecular flexibility index (Phi) is 54.9. The lowest BCUT2D eigenvalue weighted by Crippen LogP contribution is -2.30. The van der Waals surface area contributed by atoms with Crippen LogP contribution < -0.4 is 0 Å². The van der Waals surface area contributed by atoms with E-state index >= 15 is 0 Å². The van der Waals surface area contributed by atoms with Crippen molar-refractivity contribution in [3.05, 3.63) is 122 Å². The fourth-order valence-electron chi connectivity index (χ4n) is 7.59. The highest BCUT2D eigenvalue weighted by molar-refractivity contribution is 5.71. The maximum atomic E-state index is 12.8. The average molecular weight is 984 g/mol. The summed E-state index contributed by atoms with van der Waals surface area (Å²) in [6, 6.07) is 0. The molecule has 0 rings (SSSR count). The molecule has 0 aromatic carbocycles. The minimum atomic E-state index is -0.834. The second-order valence-electron chi connectivity index (χ2n) is 18.8. The van der Waals surface area contributed by atoms with Gasteiger partial charge in [0.25, 0.3) is 0 Å². The SMILES string of the molecule is CC/C=C\C/C=C\C/C=C\C/C=C\CCCCC(=O)O[C@H](COC(=O)CC/C=C\C/C=C\C/C=C\C/C=C\C/C=C\CCCCC)COC(=O)CCCCCCCCCCC/C=C\CCCCCCCC. The van der Waals surface area contributed by atoms with E-state index in [0.717, 1.165) is 83.5 Å². The summed E-state index contributed by atoms with van der Waals surface area (Å²) in [4.78, 5) is 38.1. The predicted molar refractivity (Wildman–Crippen MR) is 306 cm³/mol. The van der Waals surface area contributed by atoms with Gasteiger partial charge in [-0.15, -0.1) is 0 Å². The number of rotatable bonds is 51. The van der Waals surface area contributed by atoms with Crippen LogP contribution in [0.25, 0.3) is 0 Å². The van der Waals surface area contributed by atoms with E-state index in [-0.39, 0.29) is 44.0 Å². The third kappa shape index (κ3) is 56.6. The summed E-state index contributed by atoms with van der Waals surface area (Å²) in [6.07, 6.45) is 80.6. The van der Waals surface area contributed by atoms with Gasteiger partial charge >= 0.3 is 17.9 Å². The average Bonchev–Trinajstić information content (AvgIpc) is 3.37. The first kappa shape index (κ1) is 66.8. The Morgan fingerprint density at radius 3 is 1.01 bits per heavy atom. The highest BCUT2D eigenvalue weighted by Crippen LogP contribution is 2.14. The number of carbonyl (C=O) groups is 3. The van der Waals surface area contributed by atoms with Crippen LogP contribution in [0.15, 0.2) is 122 Å². The Bertz CT molecular complexity index is 1500. The molecule has 0 amide bonds. The normalized spacial score (nSPS) is 13.0. The minimum Gasteiger partial charge on any atom is -0.462 e. The number of allylic oxidation sites excluding steroid dienone is 20. The quantitative estimate of drug-likeness (QED) is 0.0261. The Morgan fingerprint density at radius 2 is 0.577 bits per heavy atom. The molecule has 0 aliphatic carbocycles. The summed E-state index contributed by atoms with van der Waals surface area (Å²) >= 11 is 0. The lowest BCUT2D eigenvalue weighted by molar-refractivity contribution is -0.166. The van der Waals surface area contributed by atoms with Crippen LogP contribution in [0.5, 0.6) is 0 Å². The zero-order chi connectivity index (χ0) is 51.4. The standard InChI is InChI=1S/C65H106O6/c1-4-7-10-13-16-19-22-25-28-30-32-34-37-39-42-45-48-51-54-57-63(66)69-60-62(71-65(68)59-56-53-50-47-44-41-36-27-24-21-18-15-12-9-6-3)61-70-64(67)58-55-52-49-46-43-40-38-35-33-31-29-26-23-20-17-14-11-8-5-2/h9,12,16,18-19,21,25-29,32,34,36,39,42,44,47-48,51,62H,4-8,10-11,13-15,17,20,22-24,30-31,33,35,37-38,40-41,43,45-46,49-50,52-61H2,1-3H3/b12-9-,19-16-,21-18-,28-25-,29-26-,34-32-,36-27-,42-39-,47-44-,51-48-/t62-/m1/s1. The van der Waals surface area contributed by atoms with Gasteiger partial charge in [-0.1, -0.05) is 232 Å². The minimum absolute atomic E-state index is 0.121. The molecule has 0 saturated carbocycles. The van der Waals surface area contributed by atoms with Crippen molar-refractivity contribution in [2.45, 2.75) is 258 Å². The largest absolute Gasteiger partial charge is 0.462 e. The fourth-order valence-corrected chi connectivity index (χ4v) is 7.59. The van der Waals surface area contributed by atoms with Gasteiger partial charge in [-0.3, -0.25) is 14.4 Å². The molecule has 0 saturated heterocycles. The Morgan fingerprint density at radius 1 is 0.296 bits per heavy atom. The van der Waals surface area contributed by atoms with E-state index in [2.05, 4.69) is 136 Å². The van der Waals surface area contributed by atoms with Crippen molar-refractivity contribution in [1.82, 2.24) is 0 Å². The van der Waals surface area contributed by atoms with Crippen molar-refractivity contribution in [2.24, 2.45) is 0 Å². The van der Waals surface area contributed by atoms with E-state index in [4.69, 9.17) is 14.2 Å².